The van der Waals surface area contributed by atoms with Gasteiger partial charge in [-0.1, -0.05) is 48.0 Å². The number of amides is 2. The van der Waals surface area contributed by atoms with Crippen LogP contribution < -0.4 is 0 Å². The molecule has 3 aromatic rings. The molecule has 0 saturated carbocycles. The minimum absolute atomic E-state index is 0.0261. The second-order valence-corrected chi connectivity index (χ2v) is 9.84. The Morgan fingerprint density at radius 2 is 1.85 bits per heavy atom. The third kappa shape index (κ3) is 5.24. The van der Waals surface area contributed by atoms with Gasteiger partial charge in [0, 0.05) is 37.2 Å². The molecular weight excluding hydrogens is 444 g/mol. The predicted molar refractivity (Wildman–Crippen MR) is 136 cm³/mol. The zero-order chi connectivity index (χ0) is 24.1. The van der Waals surface area contributed by atoms with Crippen LogP contribution in [0.25, 0.3) is 0 Å². The van der Waals surface area contributed by atoms with Gasteiger partial charge in [0.25, 0.3) is 5.91 Å². The summed E-state index contributed by atoms with van der Waals surface area (Å²) in [6.45, 7) is 5.71. The fraction of sp³-hybridized carbons (Fsp3) is 0.357. The Kier molecular flexibility index (Phi) is 7.80. The van der Waals surface area contributed by atoms with Gasteiger partial charge >= 0.3 is 0 Å². The summed E-state index contributed by atoms with van der Waals surface area (Å²) < 4.78 is 5.21. The van der Waals surface area contributed by atoms with E-state index in [2.05, 4.69) is 42.6 Å². The second kappa shape index (κ2) is 11.0. The van der Waals surface area contributed by atoms with E-state index >= 15 is 0 Å². The number of ether oxygens (including phenoxy) is 1. The lowest BCUT2D eigenvalue weighted by Gasteiger charge is -2.37. The van der Waals surface area contributed by atoms with E-state index in [1.54, 1.807) is 23.3 Å². The van der Waals surface area contributed by atoms with E-state index in [1.807, 2.05) is 36.1 Å². The van der Waals surface area contributed by atoms with Crippen molar-refractivity contribution >= 4 is 23.2 Å². The average molecular weight is 477 g/mol. The Hall–Kier alpha value is -2.96. The summed E-state index contributed by atoms with van der Waals surface area (Å²) in [5.41, 5.74) is 5.05. The smallest absolute Gasteiger partial charge is 0.254 e. The first-order chi connectivity index (χ1) is 16.5. The second-order valence-electron chi connectivity index (χ2n) is 8.84. The number of fused-ring (bicyclic) bond motifs is 1. The van der Waals surface area contributed by atoms with Gasteiger partial charge in [-0.15, -0.1) is 11.3 Å². The van der Waals surface area contributed by atoms with Crippen molar-refractivity contribution in [2.24, 2.45) is 0 Å². The topological polar surface area (TPSA) is 49.9 Å². The first kappa shape index (κ1) is 24.2. The molecule has 0 saturated heterocycles. The minimum atomic E-state index is -0.127. The summed E-state index contributed by atoms with van der Waals surface area (Å²) in [7, 11) is 1.65. The van der Waals surface area contributed by atoms with Crippen molar-refractivity contribution in [1.82, 2.24) is 9.80 Å². The van der Waals surface area contributed by atoms with Crippen molar-refractivity contribution in [3.8, 4) is 0 Å². The van der Waals surface area contributed by atoms with Gasteiger partial charge in [0.05, 0.1) is 6.04 Å². The Bertz CT molecular complexity index is 1140. The molecule has 0 radical (unpaired) electrons. The fourth-order valence-corrected chi connectivity index (χ4v) is 5.49. The number of carbonyl (C=O) groups is 2. The maximum atomic E-state index is 13.7. The summed E-state index contributed by atoms with van der Waals surface area (Å²) in [5.74, 6) is -0.135. The normalized spacial score (nSPS) is 15.1. The molecule has 6 heteroatoms. The number of aryl methyl sites for hydroxylation is 2. The molecule has 1 aromatic heterocycles. The Morgan fingerprint density at radius 1 is 1.09 bits per heavy atom. The number of hydrogen-bond acceptors (Lipinski definition) is 4. The molecule has 0 spiro atoms. The number of methoxy groups -OCH3 is 1. The highest BCUT2D eigenvalue weighted by Crippen LogP contribution is 2.38. The van der Waals surface area contributed by atoms with E-state index in [0.29, 0.717) is 31.7 Å². The zero-order valence-corrected chi connectivity index (χ0v) is 20.9. The van der Waals surface area contributed by atoms with Crippen molar-refractivity contribution < 1.29 is 14.3 Å². The largest absolute Gasteiger partial charge is 0.385 e. The summed E-state index contributed by atoms with van der Waals surface area (Å²) in [4.78, 5) is 32.2. The molecule has 34 heavy (non-hydrogen) atoms. The molecule has 2 heterocycles. The predicted octanol–water partition coefficient (Wildman–Crippen LogP) is 5.02. The van der Waals surface area contributed by atoms with Gasteiger partial charge in [0.2, 0.25) is 5.91 Å². The first-order valence-electron chi connectivity index (χ1n) is 11.8. The van der Waals surface area contributed by atoms with Crippen LogP contribution in [0.4, 0.5) is 0 Å². The van der Waals surface area contributed by atoms with E-state index in [4.69, 9.17) is 4.74 Å². The van der Waals surface area contributed by atoms with E-state index in [1.165, 1.54) is 16.0 Å². The summed E-state index contributed by atoms with van der Waals surface area (Å²) >= 11 is 1.76. The lowest BCUT2D eigenvalue weighted by Crippen LogP contribution is -2.47. The van der Waals surface area contributed by atoms with E-state index in [0.717, 1.165) is 17.5 Å². The number of nitrogens with zero attached hydrogens (tertiary/aromatic N) is 2. The molecule has 1 atom stereocenters. The summed E-state index contributed by atoms with van der Waals surface area (Å²) in [6, 6.07) is 18.0. The van der Waals surface area contributed by atoms with Crippen molar-refractivity contribution in [2.75, 3.05) is 33.4 Å². The minimum Gasteiger partial charge on any atom is -0.385 e. The van der Waals surface area contributed by atoms with Crippen LogP contribution in [0.5, 0.6) is 0 Å². The number of benzene rings is 2. The fourth-order valence-electron chi connectivity index (χ4n) is 4.58. The van der Waals surface area contributed by atoms with Crippen molar-refractivity contribution in [3.63, 3.8) is 0 Å². The molecular formula is C28H32N2O3S. The highest BCUT2D eigenvalue weighted by atomic mass is 32.1. The highest BCUT2D eigenvalue weighted by molar-refractivity contribution is 7.10. The quantitative estimate of drug-likeness (QED) is 0.429. The van der Waals surface area contributed by atoms with Crippen LogP contribution >= 0.6 is 11.3 Å². The molecule has 178 valence electrons. The summed E-state index contributed by atoms with van der Waals surface area (Å²) in [5, 5.41) is 2.11. The van der Waals surface area contributed by atoms with Crippen LogP contribution in [0.2, 0.25) is 0 Å². The zero-order valence-electron chi connectivity index (χ0n) is 20.1. The lowest BCUT2D eigenvalue weighted by molar-refractivity contribution is -0.134. The maximum Gasteiger partial charge on any atom is 0.254 e. The standard InChI is InChI=1S/C28H32N2O3S/c1-20-9-11-22(12-10-20)27-24-14-18-34-25(24)13-16-30(27)26(31)19-29(15-6-17-33-3)28(32)23-8-5-4-7-21(23)2/h4-5,7-12,14,18,27H,6,13,15-17,19H2,1-3H3. The van der Waals surface area contributed by atoms with Crippen molar-refractivity contribution in [3.05, 3.63) is 92.7 Å². The molecule has 1 unspecified atom stereocenters. The number of thiophene rings is 1. The number of rotatable bonds is 8. The number of carbonyl (C=O) groups excluding carboxylic acids is 2. The van der Waals surface area contributed by atoms with Gasteiger partial charge in [-0.3, -0.25) is 9.59 Å². The van der Waals surface area contributed by atoms with Crippen LogP contribution in [-0.2, 0) is 16.0 Å². The Balaban J connectivity index is 1.61. The molecule has 5 nitrogen and oxygen atoms in total. The Morgan fingerprint density at radius 3 is 2.59 bits per heavy atom. The molecule has 1 aliphatic rings. The van der Waals surface area contributed by atoms with Crippen molar-refractivity contribution in [1.29, 1.82) is 0 Å². The monoisotopic (exact) mass is 476 g/mol. The molecule has 2 aromatic carbocycles. The first-order valence-corrected chi connectivity index (χ1v) is 12.6. The van der Waals surface area contributed by atoms with Gasteiger partial charge < -0.3 is 14.5 Å². The highest BCUT2D eigenvalue weighted by Gasteiger charge is 2.34. The van der Waals surface area contributed by atoms with Crippen LogP contribution in [0.3, 0.4) is 0 Å². The van der Waals surface area contributed by atoms with E-state index in [-0.39, 0.29) is 24.4 Å². The van der Waals surface area contributed by atoms with Gasteiger partial charge in [0.15, 0.2) is 0 Å². The van der Waals surface area contributed by atoms with E-state index < -0.39 is 0 Å². The average Bonchev–Trinajstić information content (AvgIpc) is 3.32. The van der Waals surface area contributed by atoms with Crippen LogP contribution in [-0.4, -0.2) is 55.0 Å². The molecule has 0 fully saturated rings. The molecule has 1 aliphatic heterocycles. The van der Waals surface area contributed by atoms with Gasteiger partial charge in [-0.25, -0.2) is 0 Å². The lowest BCUT2D eigenvalue weighted by atomic mass is 9.92. The van der Waals surface area contributed by atoms with Crippen LogP contribution in [0, 0.1) is 13.8 Å². The summed E-state index contributed by atoms with van der Waals surface area (Å²) in [6.07, 6.45) is 1.52. The molecule has 0 aliphatic carbocycles. The molecule has 2 amide bonds. The molecule has 0 N–H and O–H groups in total. The molecule has 4 rings (SSSR count). The Labute approximate surface area is 206 Å². The van der Waals surface area contributed by atoms with Crippen molar-refractivity contribution in [2.45, 2.75) is 32.7 Å². The van der Waals surface area contributed by atoms with Gasteiger partial charge in [-0.2, -0.15) is 0 Å². The maximum absolute atomic E-state index is 13.7. The third-order valence-electron chi connectivity index (χ3n) is 6.44. The van der Waals surface area contributed by atoms with Gasteiger partial charge in [0.1, 0.15) is 6.54 Å². The SMILES string of the molecule is COCCCN(CC(=O)N1CCc2sccc2C1c1ccc(C)cc1)C(=O)c1ccccc1C. The van der Waals surface area contributed by atoms with Crippen LogP contribution in [0.1, 0.15) is 50.0 Å². The molecule has 0 bridgehead atoms. The van der Waals surface area contributed by atoms with Crippen LogP contribution in [0.15, 0.2) is 60.0 Å². The van der Waals surface area contributed by atoms with Gasteiger partial charge in [-0.05, 0) is 60.9 Å². The third-order valence-corrected chi connectivity index (χ3v) is 7.44. The van der Waals surface area contributed by atoms with E-state index in [9.17, 15) is 9.59 Å². The number of hydrogen-bond donors (Lipinski definition) is 0.